The van der Waals surface area contributed by atoms with E-state index in [1.54, 1.807) is 26.1 Å². The molecule has 1 fully saturated rings. The van der Waals surface area contributed by atoms with Crippen molar-refractivity contribution in [3.8, 4) is 5.75 Å². The highest BCUT2D eigenvalue weighted by Crippen LogP contribution is 2.29. The summed E-state index contributed by atoms with van der Waals surface area (Å²) in [6.45, 7) is 3.40. The number of hydrogen-bond acceptors (Lipinski definition) is 6. The Morgan fingerprint density at radius 3 is 2.69 bits per heavy atom. The highest BCUT2D eigenvalue weighted by atomic mass is 32.2. The fraction of sp³-hybridized carbons (Fsp3) is 0.444. The summed E-state index contributed by atoms with van der Waals surface area (Å²) in [6, 6.07) is 4.59. The predicted molar refractivity (Wildman–Crippen MR) is 97.3 cm³/mol. The van der Waals surface area contributed by atoms with Crippen molar-refractivity contribution in [1.82, 2.24) is 4.90 Å². The van der Waals surface area contributed by atoms with Crippen LogP contribution in [0.15, 0.2) is 27.4 Å². The molecule has 1 aromatic carbocycles. The van der Waals surface area contributed by atoms with E-state index in [1.807, 2.05) is 6.92 Å². The van der Waals surface area contributed by atoms with Crippen LogP contribution in [0.2, 0.25) is 0 Å². The first-order valence-corrected chi connectivity index (χ1v) is 10.1. The summed E-state index contributed by atoms with van der Waals surface area (Å²) in [6.07, 6.45) is 0.447. The number of rotatable bonds is 4. The summed E-state index contributed by atoms with van der Waals surface area (Å²) in [5.41, 5.74) is 1.51. The molecule has 0 bridgehead atoms. The van der Waals surface area contributed by atoms with Crippen molar-refractivity contribution in [2.24, 2.45) is 0 Å². The van der Waals surface area contributed by atoms with Gasteiger partial charge in [0.15, 0.2) is 16.4 Å². The zero-order valence-electron chi connectivity index (χ0n) is 14.9. The molecule has 1 unspecified atom stereocenters. The van der Waals surface area contributed by atoms with Crippen LogP contribution in [-0.4, -0.2) is 50.4 Å². The Bertz CT molecular complexity index is 1020. The second-order valence-electron chi connectivity index (χ2n) is 6.73. The summed E-state index contributed by atoms with van der Waals surface area (Å²) in [7, 11) is -1.47. The van der Waals surface area contributed by atoms with E-state index in [0.29, 0.717) is 28.7 Å². The molecule has 1 saturated heterocycles. The van der Waals surface area contributed by atoms with Crippen LogP contribution < -0.4 is 10.4 Å². The molecule has 8 heteroatoms. The molecule has 1 aromatic heterocycles. The average molecular weight is 379 g/mol. The molecule has 2 heterocycles. The van der Waals surface area contributed by atoms with Gasteiger partial charge in [-0.15, -0.1) is 0 Å². The summed E-state index contributed by atoms with van der Waals surface area (Å²) >= 11 is 0. The second kappa shape index (κ2) is 6.75. The van der Waals surface area contributed by atoms with Crippen LogP contribution in [0.25, 0.3) is 11.0 Å². The van der Waals surface area contributed by atoms with Gasteiger partial charge in [-0.1, -0.05) is 0 Å². The van der Waals surface area contributed by atoms with Crippen molar-refractivity contribution < 1.29 is 22.4 Å². The van der Waals surface area contributed by atoms with E-state index in [0.717, 1.165) is 5.56 Å². The van der Waals surface area contributed by atoms with Gasteiger partial charge in [0, 0.05) is 19.2 Å². The Labute approximate surface area is 151 Å². The third kappa shape index (κ3) is 3.75. The van der Waals surface area contributed by atoms with E-state index in [2.05, 4.69) is 0 Å². The topological polar surface area (TPSA) is 93.9 Å². The summed E-state index contributed by atoms with van der Waals surface area (Å²) in [5.74, 6) is 0.267. The molecule has 2 aromatic rings. The monoisotopic (exact) mass is 379 g/mol. The van der Waals surface area contributed by atoms with Gasteiger partial charge in [-0.3, -0.25) is 4.79 Å². The smallest absolute Gasteiger partial charge is 0.336 e. The first kappa shape index (κ1) is 18.4. The molecule has 1 aliphatic heterocycles. The number of benzene rings is 1. The molecule has 1 amide bonds. The lowest BCUT2D eigenvalue weighted by molar-refractivity contribution is -0.133. The minimum Gasteiger partial charge on any atom is -0.483 e. The van der Waals surface area contributed by atoms with Gasteiger partial charge in [0.05, 0.1) is 16.9 Å². The van der Waals surface area contributed by atoms with E-state index in [-0.39, 0.29) is 30.1 Å². The molecule has 0 radical (unpaired) electrons. The van der Waals surface area contributed by atoms with Gasteiger partial charge in [0.25, 0.3) is 5.91 Å². The van der Waals surface area contributed by atoms with E-state index in [9.17, 15) is 18.0 Å². The molecular formula is C18H21NO6S. The van der Waals surface area contributed by atoms with Crippen LogP contribution >= 0.6 is 0 Å². The normalized spacial score (nSPS) is 18.8. The molecule has 0 N–H and O–H groups in total. The highest BCUT2D eigenvalue weighted by molar-refractivity contribution is 7.91. The van der Waals surface area contributed by atoms with E-state index in [4.69, 9.17) is 9.15 Å². The van der Waals surface area contributed by atoms with Gasteiger partial charge in [0.1, 0.15) is 11.3 Å². The Balaban J connectivity index is 1.79. The molecule has 26 heavy (non-hydrogen) atoms. The van der Waals surface area contributed by atoms with Gasteiger partial charge >= 0.3 is 5.63 Å². The van der Waals surface area contributed by atoms with Gasteiger partial charge in [-0.2, -0.15) is 0 Å². The maximum absolute atomic E-state index is 12.4. The first-order valence-electron chi connectivity index (χ1n) is 8.30. The fourth-order valence-corrected chi connectivity index (χ4v) is 4.99. The third-order valence-electron chi connectivity index (χ3n) is 4.65. The van der Waals surface area contributed by atoms with Crippen LogP contribution in [0.4, 0.5) is 0 Å². The molecule has 1 aliphatic rings. The average Bonchev–Trinajstić information content (AvgIpc) is 2.90. The van der Waals surface area contributed by atoms with Crippen molar-refractivity contribution >= 4 is 26.7 Å². The maximum atomic E-state index is 12.4. The zero-order chi connectivity index (χ0) is 19.1. The third-order valence-corrected chi connectivity index (χ3v) is 6.40. The van der Waals surface area contributed by atoms with E-state index < -0.39 is 15.5 Å². The zero-order valence-corrected chi connectivity index (χ0v) is 15.8. The molecule has 1 atom stereocenters. The van der Waals surface area contributed by atoms with Gasteiger partial charge in [-0.25, -0.2) is 13.2 Å². The van der Waals surface area contributed by atoms with Gasteiger partial charge < -0.3 is 14.1 Å². The van der Waals surface area contributed by atoms with E-state index in [1.165, 1.54) is 11.0 Å². The molecule has 0 saturated carbocycles. The van der Waals surface area contributed by atoms with Crippen molar-refractivity contribution in [1.29, 1.82) is 0 Å². The van der Waals surface area contributed by atoms with Crippen molar-refractivity contribution in [2.45, 2.75) is 26.3 Å². The minimum absolute atomic E-state index is 0.00706. The Kier molecular flexibility index (Phi) is 4.79. The predicted octanol–water partition coefficient (Wildman–Crippen LogP) is 1.43. The van der Waals surface area contributed by atoms with Crippen LogP contribution in [0.3, 0.4) is 0 Å². The number of nitrogens with zero attached hydrogens (tertiary/aromatic N) is 1. The molecule has 3 rings (SSSR count). The van der Waals surface area contributed by atoms with Crippen molar-refractivity contribution in [3.63, 3.8) is 0 Å². The van der Waals surface area contributed by atoms with E-state index >= 15 is 0 Å². The quantitative estimate of drug-likeness (QED) is 0.746. The number of ether oxygens (including phenoxy) is 1. The van der Waals surface area contributed by atoms with Crippen LogP contribution in [-0.2, 0) is 14.6 Å². The summed E-state index contributed by atoms with van der Waals surface area (Å²) in [5, 5.41) is 0.647. The number of fused-ring (bicyclic) bond motifs is 1. The Hall–Kier alpha value is -2.35. The molecule has 140 valence electrons. The SMILES string of the molecule is Cc1cc(OCC(=O)N(C)C2CCS(=O)(=O)C2)c2c(C)cc(=O)oc2c1. The van der Waals surface area contributed by atoms with Crippen LogP contribution in [0, 0.1) is 13.8 Å². The molecular weight excluding hydrogens is 358 g/mol. The molecule has 7 nitrogen and oxygen atoms in total. The highest BCUT2D eigenvalue weighted by Gasteiger charge is 2.32. The summed E-state index contributed by atoms with van der Waals surface area (Å²) in [4.78, 5) is 25.4. The number of hydrogen-bond donors (Lipinski definition) is 0. The lowest BCUT2D eigenvalue weighted by Crippen LogP contribution is -2.40. The van der Waals surface area contributed by atoms with Gasteiger partial charge in [0.2, 0.25) is 0 Å². The molecule has 0 spiro atoms. The number of amides is 1. The number of carbonyl (C=O) groups excluding carboxylic acids is 1. The molecule has 0 aliphatic carbocycles. The lowest BCUT2D eigenvalue weighted by atomic mass is 10.1. The van der Waals surface area contributed by atoms with Gasteiger partial charge in [-0.05, 0) is 43.5 Å². The standard InChI is InChI=1S/C18H21NO6S/c1-11-6-14(18-12(2)8-17(21)25-15(18)7-11)24-9-16(20)19(3)13-4-5-26(22,23)10-13/h6-8,13H,4-5,9-10H2,1-3H3. The Morgan fingerprint density at radius 1 is 1.31 bits per heavy atom. The fourth-order valence-electron chi connectivity index (χ4n) is 3.22. The number of sulfone groups is 1. The largest absolute Gasteiger partial charge is 0.483 e. The lowest BCUT2D eigenvalue weighted by Gasteiger charge is -2.23. The van der Waals surface area contributed by atoms with Crippen molar-refractivity contribution in [3.05, 3.63) is 39.7 Å². The number of aryl methyl sites for hydroxylation is 2. The second-order valence-corrected chi connectivity index (χ2v) is 8.96. The number of likely N-dealkylation sites (N-methyl/N-ethyl adjacent to an activating group) is 1. The van der Waals surface area contributed by atoms with Crippen molar-refractivity contribution in [2.75, 3.05) is 25.2 Å². The summed E-state index contributed by atoms with van der Waals surface area (Å²) < 4.78 is 34.1. The van der Waals surface area contributed by atoms with Crippen LogP contribution in [0.5, 0.6) is 5.75 Å². The maximum Gasteiger partial charge on any atom is 0.336 e. The first-order chi connectivity index (χ1) is 12.2. The Morgan fingerprint density at radius 2 is 2.04 bits per heavy atom. The minimum atomic E-state index is -3.06. The van der Waals surface area contributed by atoms with Crippen LogP contribution in [0.1, 0.15) is 17.5 Å². The number of carbonyl (C=O) groups is 1.